The van der Waals surface area contributed by atoms with E-state index in [1.54, 1.807) is 0 Å². The lowest BCUT2D eigenvalue weighted by molar-refractivity contribution is -0.152. The van der Waals surface area contributed by atoms with Gasteiger partial charge in [0.05, 0.1) is 13.2 Å². The summed E-state index contributed by atoms with van der Waals surface area (Å²) in [7, 11) is 0. The zero-order valence-electron chi connectivity index (χ0n) is 10.9. The molecule has 0 aliphatic carbocycles. The molecule has 0 bridgehead atoms. The van der Waals surface area contributed by atoms with Crippen molar-refractivity contribution in [3.63, 3.8) is 0 Å². The van der Waals surface area contributed by atoms with E-state index in [0.29, 0.717) is 51.0 Å². The number of carbonyl (C=O) groups excluding carboxylic acids is 3. The SMILES string of the molecule is O=C(ON1C(=O)C2CNCCN2C1=O)N1CCOCC1. The molecule has 0 aromatic rings. The van der Waals surface area contributed by atoms with E-state index >= 15 is 0 Å². The molecule has 1 atom stereocenters. The summed E-state index contributed by atoms with van der Waals surface area (Å²) in [6.45, 7) is 3.08. The average molecular weight is 284 g/mol. The van der Waals surface area contributed by atoms with E-state index in [4.69, 9.17) is 9.57 Å². The molecule has 3 aliphatic rings. The van der Waals surface area contributed by atoms with Crippen LogP contribution in [0.25, 0.3) is 0 Å². The van der Waals surface area contributed by atoms with Crippen LogP contribution in [0.15, 0.2) is 0 Å². The fourth-order valence-electron chi connectivity index (χ4n) is 2.47. The number of nitrogens with one attached hydrogen (secondary N) is 1. The second-order valence-electron chi connectivity index (χ2n) is 4.79. The summed E-state index contributed by atoms with van der Waals surface area (Å²) in [4.78, 5) is 43.8. The standard InChI is InChI=1S/C11H16N4O5/c16-9-8-7-12-1-2-14(8)10(17)15(9)20-11(18)13-3-5-19-6-4-13/h8,12H,1-7H2. The first-order chi connectivity index (χ1) is 9.68. The molecule has 0 aromatic heterocycles. The van der Waals surface area contributed by atoms with Crippen LogP contribution in [0.3, 0.4) is 0 Å². The lowest BCUT2D eigenvalue weighted by Gasteiger charge is -2.27. The van der Waals surface area contributed by atoms with Gasteiger partial charge in [0.25, 0.3) is 5.91 Å². The number of fused-ring (bicyclic) bond motifs is 1. The summed E-state index contributed by atoms with van der Waals surface area (Å²) in [6.07, 6.45) is -0.692. The van der Waals surface area contributed by atoms with E-state index in [2.05, 4.69) is 5.32 Å². The van der Waals surface area contributed by atoms with Crippen LogP contribution in [0, 0.1) is 0 Å². The largest absolute Gasteiger partial charge is 0.435 e. The summed E-state index contributed by atoms with van der Waals surface area (Å²) < 4.78 is 5.13. The number of amides is 4. The average Bonchev–Trinajstić information content (AvgIpc) is 2.74. The molecule has 3 saturated heterocycles. The highest BCUT2D eigenvalue weighted by Gasteiger charge is 2.49. The van der Waals surface area contributed by atoms with Gasteiger partial charge in [-0.2, -0.15) is 0 Å². The fraction of sp³-hybridized carbons (Fsp3) is 0.727. The van der Waals surface area contributed by atoms with Crippen molar-refractivity contribution in [2.75, 3.05) is 45.9 Å². The molecule has 3 rings (SSSR count). The van der Waals surface area contributed by atoms with Crippen LogP contribution in [0.5, 0.6) is 0 Å². The van der Waals surface area contributed by atoms with Gasteiger partial charge < -0.3 is 24.7 Å². The summed E-state index contributed by atoms with van der Waals surface area (Å²) in [5.41, 5.74) is 0. The predicted molar refractivity (Wildman–Crippen MR) is 64.5 cm³/mol. The van der Waals surface area contributed by atoms with E-state index < -0.39 is 24.1 Å². The number of ether oxygens (including phenoxy) is 1. The van der Waals surface area contributed by atoms with Crippen LogP contribution in [-0.4, -0.2) is 84.9 Å². The minimum Gasteiger partial charge on any atom is -0.378 e. The molecule has 1 unspecified atom stereocenters. The van der Waals surface area contributed by atoms with E-state index in [1.807, 2.05) is 0 Å². The lowest BCUT2D eigenvalue weighted by Crippen LogP contribution is -2.51. The molecule has 3 aliphatic heterocycles. The Morgan fingerprint density at radius 1 is 1.25 bits per heavy atom. The summed E-state index contributed by atoms with van der Waals surface area (Å²) in [6, 6.07) is -1.14. The molecule has 0 saturated carbocycles. The maximum absolute atomic E-state index is 12.1. The molecule has 110 valence electrons. The van der Waals surface area contributed by atoms with Crippen molar-refractivity contribution in [2.45, 2.75) is 6.04 Å². The summed E-state index contributed by atoms with van der Waals surface area (Å²) in [5.74, 6) is -0.496. The van der Waals surface area contributed by atoms with Crippen molar-refractivity contribution >= 4 is 18.0 Å². The highest BCUT2D eigenvalue weighted by Crippen LogP contribution is 2.20. The number of hydrogen-bond acceptors (Lipinski definition) is 6. The second-order valence-corrected chi connectivity index (χ2v) is 4.79. The Hall–Kier alpha value is -1.87. The van der Waals surface area contributed by atoms with Gasteiger partial charge in [-0.15, -0.1) is 0 Å². The third kappa shape index (κ3) is 2.18. The highest BCUT2D eigenvalue weighted by molar-refractivity contribution is 6.04. The minimum atomic E-state index is -0.692. The van der Waals surface area contributed by atoms with Gasteiger partial charge in [0, 0.05) is 32.7 Å². The Labute approximate surface area is 115 Å². The van der Waals surface area contributed by atoms with Crippen molar-refractivity contribution in [3.8, 4) is 0 Å². The zero-order valence-corrected chi connectivity index (χ0v) is 10.9. The Bertz CT molecular complexity index is 413. The van der Waals surface area contributed by atoms with Crippen LogP contribution < -0.4 is 5.32 Å². The van der Waals surface area contributed by atoms with Gasteiger partial charge in [0.1, 0.15) is 6.04 Å². The monoisotopic (exact) mass is 284 g/mol. The Kier molecular flexibility index (Phi) is 3.45. The maximum atomic E-state index is 12.1. The first-order valence-corrected chi connectivity index (χ1v) is 6.58. The van der Waals surface area contributed by atoms with Crippen LogP contribution in [0.2, 0.25) is 0 Å². The van der Waals surface area contributed by atoms with Crippen molar-refractivity contribution in [3.05, 3.63) is 0 Å². The molecule has 1 N–H and O–H groups in total. The molecule has 3 heterocycles. The van der Waals surface area contributed by atoms with Crippen LogP contribution in [0.1, 0.15) is 0 Å². The fourth-order valence-corrected chi connectivity index (χ4v) is 2.47. The number of hydrogen-bond donors (Lipinski definition) is 1. The molecule has 0 aromatic carbocycles. The topological polar surface area (TPSA) is 91.4 Å². The highest BCUT2D eigenvalue weighted by atomic mass is 16.7. The number of hydroxylamine groups is 2. The normalized spacial score (nSPS) is 26.8. The van der Waals surface area contributed by atoms with Gasteiger partial charge in [0.2, 0.25) is 0 Å². The van der Waals surface area contributed by atoms with Crippen LogP contribution in [-0.2, 0) is 14.4 Å². The Balaban J connectivity index is 1.66. The number of nitrogens with zero attached hydrogens (tertiary/aromatic N) is 3. The number of rotatable bonds is 1. The summed E-state index contributed by atoms with van der Waals surface area (Å²) >= 11 is 0. The number of piperazine rings is 1. The number of urea groups is 1. The quantitative estimate of drug-likeness (QED) is 0.596. The third-order valence-corrected chi connectivity index (χ3v) is 3.59. The minimum absolute atomic E-state index is 0.385. The molecule has 3 fully saturated rings. The van der Waals surface area contributed by atoms with Crippen molar-refractivity contribution in [2.24, 2.45) is 0 Å². The van der Waals surface area contributed by atoms with E-state index in [0.717, 1.165) is 0 Å². The van der Waals surface area contributed by atoms with Crippen LogP contribution in [0.4, 0.5) is 9.59 Å². The molecule has 9 heteroatoms. The number of imide groups is 1. The number of carbonyl (C=O) groups is 3. The second kappa shape index (κ2) is 5.25. The first kappa shape index (κ1) is 13.1. The predicted octanol–water partition coefficient (Wildman–Crippen LogP) is -1.39. The molecule has 0 radical (unpaired) electrons. The van der Waals surface area contributed by atoms with Crippen molar-refractivity contribution in [1.82, 2.24) is 20.2 Å². The van der Waals surface area contributed by atoms with Gasteiger partial charge in [-0.25, -0.2) is 9.59 Å². The Morgan fingerprint density at radius 3 is 2.70 bits per heavy atom. The van der Waals surface area contributed by atoms with E-state index in [-0.39, 0.29) is 0 Å². The Morgan fingerprint density at radius 2 is 2.00 bits per heavy atom. The first-order valence-electron chi connectivity index (χ1n) is 6.58. The lowest BCUT2D eigenvalue weighted by atomic mass is 10.2. The van der Waals surface area contributed by atoms with Crippen LogP contribution >= 0.6 is 0 Å². The third-order valence-electron chi connectivity index (χ3n) is 3.59. The molecule has 9 nitrogen and oxygen atoms in total. The van der Waals surface area contributed by atoms with Gasteiger partial charge in [-0.3, -0.25) is 4.79 Å². The molecule has 20 heavy (non-hydrogen) atoms. The molecule has 4 amide bonds. The molecular weight excluding hydrogens is 268 g/mol. The zero-order chi connectivity index (χ0) is 14.1. The maximum Gasteiger partial charge on any atom is 0.435 e. The van der Waals surface area contributed by atoms with Gasteiger partial charge in [-0.05, 0) is 0 Å². The van der Waals surface area contributed by atoms with Gasteiger partial charge >= 0.3 is 12.1 Å². The van der Waals surface area contributed by atoms with Crippen molar-refractivity contribution < 1.29 is 24.0 Å². The van der Waals surface area contributed by atoms with E-state index in [1.165, 1.54) is 9.80 Å². The smallest absolute Gasteiger partial charge is 0.378 e. The van der Waals surface area contributed by atoms with Crippen molar-refractivity contribution in [1.29, 1.82) is 0 Å². The summed E-state index contributed by atoms with van der Waals surface area (Å²) in [5, 5.41) is 3.61. The molecule has 0 spiro atoms. The molecular formula is C11H16N4O5. The van der Waals surface area contributed by atoms with E-state index in [9.17, 15) is 14.4 Å². The van der Waals surface area contributed by atoms with Gasteiger partial charge in [0.15, 0.2) is 0 Å². The number of morpholine rings is 1. The van der Waals surface area contributed by atoms with Gasteiger partial charge in [-0.1, -0.05) is 5.06 Å².